The SMILES string of the molecule is COC(=O)[C@@H](OC(C)(C)C)c1c(C)nc2c(c1-c1ccc(Cl)cc1)n(C)c(=O)n2Cc1cnn(C)c1. The van der Waals surface area contributed by atoms with Crippen molar-refractivity contribution < 1.29 is 14.3 Å². The molecular weight excluding hydrogens is 482 g/mol. The lowest BCUT2D eigenvalue weighted by molar-refractivity contribution is -0.164. The molecule has 1 aromatic carbocycles. The number of aromatic nitrogens is 5. The van der Waals surface area contributed by atoms with Crippen LogP contribution in [0.1, 0.15) is 43.7 Å². The number of carbonyl (C=O) groups is 1. The van der Waals surface area contributed by atoms with Crippen molar-refractivity contribution in [1.29, 1.82) is 0 Å². The lowest BCUT2D eigenvalue weighted by atomic mass is 9.93. The fraction of sp³-hybridized carbons (Fsp3) is 0.385. The first kappa shape index (κ1) is 25.7. The van der Waals surface area contributed by atoms with Crippen LogP contribution in [0, 0.1) is 6.92 Å². The van der Waals surface area contributed by atoms with E-state index in [-0.39, 0.29) is 5.69 Å². The van der Waals surface area contributed by atoms with Crippen LogP contribution in [0.2, 0.25) is 5.02 Å². The maximum atomic E-state index is 13.5. The van der Waals surface area contributed by atoms with E-state index >= 15 is 0 Å². The molecule has 0 radical (unpaired) electrons. The van der Waals surface area contributed by atoms with Gasteiger partial charge in [-0.15, -0.1) is 0 Å². The molecule has 0 unspecified atom stereocenters. The highest BCUT2D eigenvalue weighted by Gasteiger charge is 2.34. The van der Waals surface area contributed by atoms with Gasteiger partial charge in [-0.25, -0.2) is 14.6 Å². The number of halogens is 1. The van der Waals surface area contributed by atoms with Gasteiger partial charge in [0.15, 0.2) is 11.8 Å². The quantitative estimate of drug-likeness (QED) is 0.361. The Balaban J connectivity index is 2.09. The number of pyridine rings is 1. The second-order valence-electron chi connectivity index (χ2n) is 9.75. The van der Waals surface area contributed by atoms with E-state index in [0.717, 1.165) is 11.1 Å². The number of esters is 1. The van der Waals surface area contributed by atoms with Gasteiger partial charge in [0.25, 0.3) is 0 Å². The Morgan fingerprint density at radius 2 is 1.83 bits per heavy atom. The van der Waals surface area contributed by atoms with E-state index < -0.39 is 17.7 Å². The van der Waals surface area contributed by atoms with Gasteiger partial charge in [-0.1, -0.05) is 23.7 Å². The molecular formula is C26H30ClN5O4. The minimum Gasteiger partial charge on any atom is -0.467 e. The maximum Gasteiger partial charge on any atom is 0.339 e. The van der Waals surface area contributed by atoms with Crippen molar-refractivity contribution in [2.75, 3.05) is 7.11 Å². The van der Waals surface area contributed by atoms with Crippen molar-refractivity contribution in [2.24, 2.45) is 14.1 Å². The summed E-state index contributed by atoms with van der Waals surface area (Å²) in [4.78, 5) is 31.3. The van der Waals surface area contributed by atoms with E-state index in [4.69, 9.17) is 26.1 Å². The van der Waals surface area contributed by atoms with Crippen LogP contribution in [-0.4, -0.2) is 42.6 Å². The molecule has 3 heterocycles. The number of ether oxygens (including phenoxy) is 2. The van der Waals surface area contributed by atoms with Gasteiger partial charge in [0.2, 0.25) is 0 Å². The zero-order valence-corrected chi connectivity index (χ0v) is 22.3. The third kappa shape index (κ3) is 4.81. The van der Waals surface area contributed by atoms with E-state index in [1.54, 1.807) is 39.2 Å². The van der Waals surface area contributed by atoms with Gasteiger partial charge in [0.05, 0.1) is 31.0 Å². The summed E-state index contributed by atoms with van der Waals surface area (Å²) in [7, 11) is 4.85. The Kier molecular flexibility index (Phi) is 6.81. The summed E-state index contributed by atoms with van der Waals surface area (Å²) >= 11 is 6.19. The second-order valence-corrected chi connectivity index (χ2v) is 10.2. The topological polar surface area (TPSA) is 93.2 Å². The molecule has 0 aliphatic carbocycles. The molecule has 4 rings (SSSR count). The minimum absolute atomic E-state index is 0.237. The third-order valence-electron chi connectivity index (χ3n) is 5.87. The molecule has 0 aliphatic rings. The number of imidazole rings is 1. The van der Waals surface area contributed by atoms with Gasteiger partial charge in [0, 0.05) is 47.7 Å². The van der Waals surface area contributed by atoms with Crippen LogP contribution in [0.5, 0.6) is 0 Å². The lowest BCUT2D eigenvalue weighted by Crippen LogP contribution is -2.29. The first-order valence-corrected chi connectivity index (χ1v) is 11.9. The number of aryl methyl sites for hydroxylation is 3. The van der Waals surface area contributed by atoms with Gasteiger partial charge in [-0.05, 0) is 45.4 Å². The highest BCUT2D eigenvalue weighted by Crippen LogP contribution is 2.39. The number of methoxy groups -OCH3 is 1. The first-order valence-electron chi connectivity index (χ1n) is 11.5. The highest BCUT2D eigenvalue weighted by atomic mass is 35.5. The van der Waals surface area contributed by atoms with Crippen molar-refractivity contribution in [3.63, 3.8) is 0 Å². The molecule has 0 N–H and O–H groups in total. The molecule has 0 amide bonds. The summed E-state index contributed by atoms with van der Waals surface area (Å²) in [5.41, 5.74) is 3.58. The predicted molar refractivity (Wildman–Crippen MR) is 138 cm³/mol. The Bertz CT molecular complexity index is 1490. The van der Waals surface area contributed by atoms with Crippen LogP contribution in [0.4, 0.5) is 0 Å². The number of rotatable bonds is 6. The van der Waals surface area contributed by atoms with E-state index in [1.807, 2.05) is 53.1 Å². The summed E-state index contributed by atoms with van der Waals surface area (Å²) in [6.07, 6.45) is 2.52. The van der Waals surface area contributed by atoms with E-state index in [0.29, 0.717) is 39.6 Å². The van der Waals surface area contributed by atoms with Gasteiger partial charge >= 0.3 is 11.7 Å². The van der Waals surface area contributed by atoms with Crippen molar-refractivity contribution >= 4 is 28.7 Å². The van der Waals surface area contributed by atoms with Crippen molar-refractivity contribution in [3.8, 4) is 11.1 Å². The number of hydrogen-bond donors (Lipinski definition) is 0. The zero-order chi connectivity index (χ0) is 26.4. The molecule has 0 spiro atoms. The van der Waals surface area contributed by atoms with Crippen molar-refractivity contribution in [3.05, 3.63) is 69.0 Å². The third-order valence-corrected chi connectivity index (χ3v) is 6.12. The molecule has 0 saturated carbocycles. The van der Waals surface area contributed by atoms with Crippen LogP contribution in [0.15, 0.2) is 41.5 Å². The summed E-state index contributed by atoms with van der Waals surface area (Å²) < 4.78 is 16.2. The monoisotopic (exact) mass is 511 g/mol. The predicted octanol–water partition coefficient (Wildman–Crippen LogP) is 4.17. The van der Waals surface area contributed by atoms with Crippen LogP contribution in [-0.2, 0) is 34.9 Å². The number of carbonyl (C=O) groups excluding carboxylic acids is 1. The molecule has 9 nitrogen and oxygen atoms in total. The fourth-order valence-electron chi connectivity index (χ4n) is 4.36. The molecule has 0 saturated heterocycles. The smallest absolute Gasteiger partial charge is 0.339 e. The number of nitrogens with zero attached hydrogens (tertiary/aromatic N) is 5. The normalized spacial score (nSPS) is 12.8. The molecule has 3 aromatic heterocycles. The highest BCUT2D eigenvalue weighted by molar-refractivity contribution is 6.30. The summed E-state index contributed by atoms with van der Waals surface area (Å²) in [6, 6.07) is 7.25. The van der Waals surface area contributed by atoms with Crippen molar-refractivity contribution in [1.82, 2.24) is 23.9 Å². The molecule has 0 bridgehead atoms. The van der Waals surface area contributed by atoms with Crippen LogP contribution < -0.4 is 5.69 Å². The van der Waals surface area contributed by atoms with Crippen LogP contribution >= 0.6 is 11.6 Å². The largest absolute Gasteiger partial charge is 0.467 e. The van der Waals surface area contributed by atoms with Gasteiger partial charge in [-0.3, -0.25) is 13.8 Å². The number of fused-ring (bicyclic) bond motifs is 1. The second kappa shape index (κ2) is 9.55. The Labute approximate surface area is 214 Å². The number of benzene rings is 1. The first-order chi connectivity index (χ1) is 16.9. The van der Waals surface area contributed by atoms with Gasteiger partial charge in [0.1, 0.15) is 0 Å². The maximum absolute atomic E-state index is 13.5. The molecule has 10 heteroatoms. The Morgan fingerprint density at radius 3 is 2.39 bits per heavy atom. The molecule has 1 atom stereocenters. The Morgan fingerprint density at radius 1 is 1.17 bits per heavy atom. The lowest BCUT2D eigenvalue weighted by Gasteiger charge is -2.28. The Hall–Kier alpha value is -3.43. The van der Waals surface area contributed by atoms with Gasteiger partial charge in [-0.2, -0.15) is 5.10 Å². The average molecular weight is 512 g/mol. The number of hydrogen-bond acceptors (Lipinski definition) is 6. The van der Waals surface area contributed by atoms with Crippen molar-refractivity contribution in [2.45, 2.75) is 45.9 Å². The molecule has 36 heavy (non-hydrogen) atoms. The molecule has 0 fully saturated rings. The van der Waals surface area contributed by atoms with E-state index in [1.165, 1.54) is 7.11 Å². The van der Waals surface area contributed by atoms with E-state index in [9.17, 15) is 9.59 Å². The standard InChI is InChI=1S/C26H30ClN5O4/c1-15-19(22(24(33)35-7)36-26(2,3)4)20(17-8-10-18(27)11-9-17)21-23(29-15)32(25(34)31(21)6)14-16-12-28-30(5)13-16/h8-13,22H,14H2,1-7H3/t22-/m0/s1. The van der Waals surface area contributed by atoms with Gasteiger partial charge < -0.3 is 9.47 Å². The molecule has 4 aromatic rings. The van der Waals surface area contributed by atoms with Crippen LogP contribution in [0.3, 0.4) is 0 Å². The average Bonchev–Trinajstić information content (AvgIpc) is 3.32. The molecule has 0 aliphatic heterocycles. The zero-order valence-electron chi connectivity index (χ0n) is 21.5. The fourth-order valence-corrected chi connectivity index (χ4v) is 4.49. The van der Waals surface area contributed by atoms with E-state index in [2.05, 4.69) is 5.10 Å². The molecule has 190 valence electrons. The minimum atomic E-state index is -1.06. The van der Waals surface area contributed by atoms with Crippen LogP contribution in [0.25, 0.3) is 22.3 Å². The summed E-state index contributed by atoms with van der Waals surface area (Å²) in [5, 5.41) is 4.78. The summed E-state index contributed by atoms with van der Waals surface area (Å²) in [5.74, 6) is -0.552. The summed E-state index contributed by atoms with van der Waals surface area (Å²) in [6.45, 7) is 7.71.